The van der Waals surface area contributed by atoms with Gasteiger partial charge < -0.3 is 33.8 Å². The highest BCUT2D eigenvalue weighted by Gasteiger charge is 2.30. The zero-order chi connectivity index (χ0) is 69.8. The Balaban J connectivity index is 5.16. The molecule has 0 amide bonds. The molecule has 2 unspecified atom stereocenters. The fourth-order valence-corrected chi connectivity index (χ4v) is 13.3. The first-order chi connectivity index (χ1) is 46.0. The second-order valence-corrected chi connectivity index (χ2v) is 30.8. The number of unbranched alkanes of at least 4 members (excludes halogenated alkanes) is 48. The van der Waals surface area contributed by atoms with Crippen LogP contribution in [-0.4, -0.2) is 96.7 Å². The van der Waals surface area contributed by atoms with Crippen molar-refractivity contribution in [1.82, 2.24) is 0 Å². The van der Waals surface area contributed by atoms with E-state index in [-0.39, 0.29) is 25.7 Å². The maximum absolute atomic E-state index is 13.1. The summed E-state index contributed by atoms with van der Waals surface area (Å²) in [6.45, 7) is 7.28. The fraction of sp³-hybridized carbons (Fsp3) is 0.947. The van der Waals surface area contributed by atoms with E-state index >= 15 is 0 Å². The van der Waals surface area contributed by atoms with Crippen molar-refractivity contribution in [3.05, 3.63) is 0 Å². The zero-order valence-corrected chi connectivity index (χ0v) is 63.6. The van der Waals surface area contributed by atoms with E-state index in [9.17, 15) is 43.2 Å². The van der Waals surface area contributed by atoms with Crippen molar-refractivity contribution < 1.29 is 80.2 Å². The van der Waals surface area contributed by atoms with Gasteiger partial charge in [0.2, 0.25) is 0 Å². The average molecular weight is 1400 g/mol. The molecule has 19 heteroatoms. The van der Waals surface area contributed by atoms with Gasteiger partial charge in [-0.15, -0.1) is 0 Å². The Morgan fingerprint density at radius 1 is 0.284 bits per heavy atom. The molecule has 564 valence electrons. The first-order valence-electron chi connectivity index (χ1n) is 39.6. The van der Waals surface area contributed by atoms with Gasteiger partial charge in [-0.3, -0.25) is 37.3 Å². The maximum Gasteiger partial charge on any atom is 0.472 e. The van der Waals surface area contributed by atoms with Crippen LogP contribution in [0.4, 0.5) is 0 Å². The molecule has 0 aromatic carbocycles. The second-order valence-electron chi connectivity index (χ2n) is 27.9. The normalized spacial score (nSPS) is 13.9. The topological polar surface area (TPSA) is 237 Å². The molecule has 95 heavy (non-hydrogen) atoms. The molecule has 5 atom stereocenters. The predicted octanol–water partition coefficient (Wildman–Crippen LogP) is 22.5. The second kappa shape index (κ2) is 69.2. The Bertz CT molecular complexity index is 1820. The van der Waals surface area contributed by atoms with Gasteiger partial charge in [0.15, 0.2) is 12.2 Å². The first-order valence-corrected chi connectivity index (χ1v) is 42.6. The third kappa shape index (κ3) is 70.3. The number of rotatable bonds is 76. The SMILES string of the molecule is CCCCCCCCCCCCCCCCCCCCCC(=O)OC[C@H](COP(=O)(O)OC[C@@H](O)COP(=O)(O)OC[C@@H](COC(=O)CCCCCCCCCC)OC(=O)CCCCCCCCCCC)OC(=O)CCCCCCCCCCCCCCCCCCC(C)C. The minimum absolute atomic E-state index is 0.106. The van der Waals surface area contributed by atoms with Crippen molar-refractivity contribution >= 4 is 39.5 Å². The molecule has 0 aromatic heterocycles. The van der Waals surface area contributed by atoms with Crippen molar-refractivity contribution in [3.8, 4) is 0 Å². The summed E-state index contributed by atoms with van der Waals surface area (Å²) in [6, 6.07) is 0. The largest absolute Gasteiger partial charge is 0.472 e. The monoisotopic (exact) mass is 1400 g/mol. The van der Waals surface area contributed by atoms with E-state index in [1.807, 2.05) is 0 Å². The molecular formula is C76H148O17P2. The Morgan fingerprint density at radius 2 is 0.484 bits per heavy atom. The number of carbonyl (C=O) groups is 4. The molecule has 0 spiro atoms. The minimum atomic E-state index is -4.96. The van der Waals surface area contributed by atoms with Crippen molar-refractivity contribution in [3.63, 3.8) is 0 Å². The van der Waals surface area contributed by atoms with Crippen LogP contribution in [0.15, 0.2) is 0 Å². The molecular weight excluding hydrogens is 1250 g/mol. The molecule has 3 N–H and O–H groups in total. The summed E-state index contributed by atoms with van der Waals surface area (Å²) in [6.07, 6.45) is 58.5. The van der Waals surface area contributed by atoms with Gasteiger partial charge in [0, 0.05) is 25.7 Å². The Labute approximate surface area is 581 Å². The maximum atomic E-state index is 13.1. The smallest absolute Gasteiger partial charge is 0.462 e. The summed E-state index contributed by atoms with van der Waals surface area (Å²) < 4.78 is 68.4. The van der Waals surface area contributed by atoms with Crippen molar-refractivity contribution in [2.75, 3.05) is 39.6 Å². The Kier molecular flexibility index (Phi) is 67.7. The molecule has 0 aliphatic heterocycles. The van der Waals surface area contributed by atoms with Crippen LogP contribution in [0.3, 0.4) is 0 Å². The quantitative estimate of drug-likeness (QED) is 0.0222. The lowest BCUT2D eigenvalue weighted by Gasteiger charge is -2.21. The van der Waals surface area contributed by atoms with E-state index in [0.717, 1.165) is 102 Å². The van der Waals surface area contributed by atoms with Crippen LogP contribution < -0.4 is 0 Å². The van der Waals surface area contributed by atoms with E-state index in [0.29, 0.717) is 25.7 Å². The summed E-state index contributed by atoms with van der Waals surface area (Å²) >= 11 is 0. The zero-order valence-electron chi connectivity index (χ0n) is 61.8. The third-order valence-corrected chi connectivity index (χ3v) is 19.7. The number of phosphoric ester groups is 2. The number of aliphatic hydroxyl groups is 1. The van der Waals surface area contributed by atoms with Crippen molar-refractivity contribution in [2.24, 2.45) is 5.92 Å². The number of esters is 4. The van der Waals surface area contributed by atoms with Crippen LogP contribution >= 0.6 is 15.6 Å². The first kappa shape index (κ1) is 93.1. The molecule has 0 rings (SSSR count). The van der Waals surface area contributed by atoms with Gasteiger partial charge in [0.25, 0.3) is 0 Å². The molecule has 0 aliphatic carbocycles. The lowest BCUT2D eigenvalue weighted by molar-refractivity contribution is -0.161. The van der Waals surface area contributed by atoms with Crippen LogP contribution in [0.5, 0.6) is 0 Å². The Morgan fingerprint density at radius 3 is 0.716 bits per heavy atom. The number of carbonyl (C=O) groups excluding carboxylic acids is 4. The van der Waals surface area contributed by atoms with Gasteiger partial charge in [0.05, 0.1) is 26.4 Å². The summed E-state index contributed by atoms with van der Waals surface area (Å²) in [7, 11) is -9.90. The van der Waals surface area contributed by atoms with E-state index in [1.54, 1.807) is 0 Å². The number of hydrogen-bond donors (Lipinski definition) is 3. The van der Waals surface area contributed by atoms with Gasteiger partial charge >= 0.3 is 39.5 Å². The highest BCUT2D eigenvalue weighted by molar-refractivity contribution is 7.47. The van der Waals surface area contributed by atoms with Crippen molar-refractivity contribution in [1.29, 1.82) is 0 Å². The lowest BCUT2D eigenvalue weighted by Crippen LogP contribution is -2.30. The molecule has 17 nitrogen and oxygen atoms in total. The highest BCUT2D eigenvalue weighted by atomic mass is 31.2. The minimum Gasteiger partial charge on any atom is -0.462 e. The summed E-state index contributed by atoms with van der Waals surface area (Å²) in [5.74, 6) is -1.31. The van der Waals surface area contributed by atoms with Gasteiger partial charge in [-0.1, -0.05) is 349 Å². The van der Waals surface area contributed by atoms with Gasteiger partial charge in [-0.25, -0.2) is 9.13 Å². The number of aliphatic hydroxyl groups excluding tert-OH is 1. The molecule has 0 heterocycles. The molecule has 0 fully saturated rings. The van der Waals surface area contributed by atoms with Gasteiger partial charge in [0.1, 0.15) is 19.3 Å². The average Bonchev–Trinajstić information content (AvgIpc) is 1.37. The Hall–Kier alpha value is -1.94. The molecule has 0 aromatic rings. The summed E-state index contributed by atoms with van der Waals surface area (Å²) in [5, 5.41) is 10.6. The highest BCUT2D eigenvalue weighted by Crippen LogP contribution is 2.45. The number of hydrogen-bond acceptors (Lipinski definition) is 15. The summed E-state index contributed by atoms with van der Waals surface area (Å²) in [4.78, 5) is 72.6. The van der Waals surface area contributed by atoms with E-state index in [2.05, 4.69) is 34.6 Å². The van der Waals surface area contributed by atoms with E-state index in [1.165, 1.54) is 218 Å². The molecule has 0 saturated carbocycles. The molecule has 0 aliphatic rings. The predicted molar refractivity (Wildman–Crippen MR) is 386 cm³/mol. The number of ether oxygens (including phenoxy) is 4. The van der Waals surface area contributed by atoms with E-state index in [4.69, 9.17) is 37.0 Å². The van der Waals surface area contributed by atoms with Crippen LogP contribution in [0.25, 0.3) is 0 Å². The standard InChI is InChI=1S/C76H148O17P2/c1-6-9-12-15-18-21-22-23-24-25-26-27-31-34-37-41-45-50-55-60-74(79)87-66-72(93-76(81)62-57-52-47-42-38-35-32-29-28-30-33-36-40-43-48-53-58-69(4)5)68-91-95(84,85)89-64-70(77)63-88-94(82,83)90-67-71(65-86-73(78)59-54-49-44-20-17-14-11-8-3)92-75(80)61-56-51-46-39-19-16-13-10-7-2/h69-72,77H,6-68H2,1-5H3,(H,82,83)(H,84,85)/t70-,71+,72+/m0/s1. The fourth-order valence-electron chi connectivity index (χ4n) is 11.7. The third-order valence-electron chi connectivity index (χ3n) is 17.8. The molecule has 0 saturated heterocycles. The van der Waals surface area contributed by atoms with Crippen LogP contribution in [0, 0.1) is 5.92 Å². The van der Waals surface area contributed by atoms with Crippen LogP contribution in [-0.2, 0) is 65.4 Å². The van der Waals surface area contributed by atoms with Gasteiger partial charge in [-0.05, 0) is 31.6 Å². The van der Waals surface area contributed by atoms with E-state index < -0.39 is 97.5 Å². The van der Waals surface area contributed by atoms with Crippen molar-refractivity contribution in [2.45, 2.75) is 419 Å². The van der Waals surface area contributed by atoms with Crippen LogP contribution in [0.2, 0.25) is 0 Å². The lowest BCUT2D eigenvalue weighted by atomic mass is 10.0. The van der Waals surface area contributed by atoms with Crippen LogP contribution in [0.1, 0.15) is 401 Å². The van der Waals surface area contributed by atoms with Gasteiger partial charge in [-0.2, -0.15) is 0 Å². The number of phosphoric acid groups is 2. The molecule has 0 bridgehead atoms. The summed E-state index contributed by atoms with van der Waals surface area (Å²) in [5.41, 5.74) is 0. The molecule has 0 radical (unpaired) electrons.